The van der Waals surface area contributed by atoms with Crippen molar-refractivity contribution in [3.63, 3.8) is 0 Å². The molecule has 8 nitrogen and oxygen atoms in total. The zero-order valence-corrected chi connectivity index (χ0v) is 16.1. The number of amides is 2. The monoisotopic (exact) mass is 398 g/mol. The van der Waals surface area contributed by atoms with E-state index in [0.717, 1.165) is 23.1 Å². The van der Waals surface area contributed by atoms with Crippen LogP contribution in [0.25, 0.3) is 11.5 Å². The van der Waals surface area contributed by atoms with Crippen molar-refractivity contribution >= 4 is 35.0 Å². The number of methoxy groups -OCH3 is 1. The Hall–Kier alpha value is -3.33. The summed E-state index contributed by atoms with van der Waals surface area (Å²) in [5.74, 6) is 0.803. The molecule has 28 heavy (non-hydrogen) atoms. The molecule has 2 N–H and O–H groups in total. The van der Waals surface area contributed by atoms with Crippen molar-refractivity contribution in [1.82, 2.24) is 10.2 Å². The van der Waals surface area contributed by atoms with Crippen LogP contribution in [0.3, 0.4) is 0 Å². The van der Waals surface area contributed by atoms with Crippen LogP contribution in [0.2, 0.25) is 0 Å². The average molecular weight is 398 g/mol. The second-order valence-corrected chi connectivity index (χ2v) is 6.63. The summed E-state index contributed by atoms with van der Waals surface area (Å²) in [7, 11) is 1.59. The van der Waals surface area contributed by atoms with E-state index in [1.165, 1.54) is 6.92 Å². The molecule has 2 amide bonds. The van der Waals surface area contributed by atoms with Gasteiger partial charge in [-0.05, 0) is 42.5 Å². The first-order chi connectivity index (χ1) is 13.5. The number of carbonyl (C=O) groups excluding carboxylic acids is 2. The van der Waals surface area contributed by atoms with E-state index in [2.05, 4.69) is 20.8 Å². The highest BCUT2D eigenvalue weighted by Crippen LogP contribution is 2.25. The third-order valence-electron chi connectivity index (χ3n) is 3.54. The molecule has 1 aromatic heterocycles. The molecule has 3 aromatic rings. The Morgan fingerprint density at radius 1 is 1.07 bits per heavy atom. The van der Waals surface area contributed by atoms with Gasteiger partial charge in [-0.25, -0.2) is 0 Å². The lowest BCUT2D eigenvalue weighted by molar-refractivity contribution is -0.114. The Kier molecular flexibility index (Phi) is 6.28. The van der Waals surface area contributed by atoms with Gasteiger partial charge < -0.3 is 19.8 Å². The molecule has 0 saturated heterocycles. The second kappa shape index (κ2) is 9.05. The first-order valence-electron chi connectivity index (χ1n) is 8.32. The number of carbonyl (C=O) groups is 2. The average Bonchev–Trinajstić information content (AvgIpc) is 3.15. The Morgan fingerprint density at radius 3 is 2.46 bits per heavy atom. The first-order valence-corrected chi connectivity index (χ1v) is 9.30. The Morgan fingerprint density at radius 2 is 1.79 bits per heavy atom. The maximum Gasteiger partial charge on any atom is 0.277 e. The van der Waals surface area contributed by atoms with Gasteiger partial charge in [-0.1, -0.05) is 17.8 Å². The molecule has 2 aromatic carbocycles. The molecule has 0 aliphatic heterocycles. The molecule has 1 heterocycles. The van der Waals surface area contributed by atoms with Gasteiger partial charge in [0, 0.05) is 23.9 Å². The number of rotatable bonds is 7. The normalized spacial score (nSPS) is 10.4. The van der Waals surface area contributed by atoms with Crippen LogP contribution in [0, 0.1) is 0 Å². The summed E-state index contributed by atoms with van der Waals surface area (Å²) in [6.45, 7) is 1.42. The van der Waals surface area contributed by atoms with Crippen molar-refractivity contribution in [3.05, 3.63) is 48.5 Å². The standard InChI is InChI=1S/C19H18N4O4S/c1-12(24)20-14-4-3-5-15(10-14)21-17(25)11-28-19-23-22-18(27-19)13-6-8-16(26-2)9-7-13/h3-10H,11H2,1-2H3,(H,20,24)(H,21,25). The number of aromatic nitrogens is 2. The van der Waals surface area contributed by atoms with Crippen LogP contribution in [-0.4, -0.2) is 34.9 Å². The lowest BCUT2D eigenvalue weighted by Gasteiger charge is -2.07. The molecule has 0 aliphatic rings. The zero-order chi connectivity index (χ0) is 19.9. The highest BCUT2D eigenvalue weighted by molar-refractivity contribution is 7.99. The van der Waals surface area contributed by atoms with E-state index >= 15 is 0 Å². The van der Waals surface area contributed by atoms with E-state index < -0.39 is 0 Å². The molecule has 144 valence electrons. The van der Waals surface area contributed by atoms with Crippen LogP contribution in [0.5, 0.6) is 5.75 Å². The van der Waals surface area contributed by atoms with Gasteiger partial charge in [-0.15, -0.1) is 10.2 Å². The smallest absolute Gasteiger partial charge is 0.277 e. The number of hydrogen-bond acceptors (Lipinski definition) is 7. The fourth-order valence-corrected chi connectivity index (χ4v) is 2.88. The second-order valence-electron chi connectivity index (χ2n) is 5.70. The quantitative estimate of drug-likeness (QED) is 0.587. The Bertz CT molecular complexity index is 972. The summed E-state index contributed by atoms with van der Waals surface area (Å²) < 4.78 is 10.7. The van der Waals surface area contributed by atoms with Crippen LogP contribution in [0.15, 0.2) is 58.2 Å². The van der Waals surface area contributed by atoms with Gasteiger partial charge in [-0.3, -0.25) is 9.59 Å². The molecule has 0 spiro atoms. The fourth-order valence-electron chi connectivity index (χ4n) is 2.32. The van der Waals surface area contributed by atoms with Crippen LogP contribution in [-0.2, 0) is 9.59 Å². The number of nitrogens with zero attached hydrogens (tertiary/aromatic N) is 2. The minimum Gasteiger partial charge on any atom is -0.497 e. The van der Waals surface area contributed by atoms with Crippen LogP contribution in [0.4, 0.5) is 11.4 Å². The van der Waals surface area contributed by atoms with Crippen molar-refractivity contribution < 1.29 is 18.7 Å². The molecule has 0 atom stereocenters. The molecule has 0 saturated carbocycles. The van der Waals surface area contributed by atoms with Crippen molar-refractivity contribution in [2.45, 2.75) is 12.1 Å². The number of anilines is 2. The minimum atomic E-state index is -0.228. The summed E-state index contributed by atoms with van der Waals surface area (Å²) in [5, 5.41) is 13.7. The van der Waals surface area contributed by atoms with E-state index in [4.69, 9.17) is 9.15 Å². The van der Waals surface area contributed by atoms with Gasteiger partial charge in [0.1, 0.15) is 5.75 Å². The highest BCUT2D eigenvalue weighted by atomic mass is 32.2. The molecule has 9 heteroatoms. The topological polar surface area (TPSA) is 106 Å². The number of ether oxygens (including phenoxy) is 1. The van der Waals surface area contributed by atoms with Gasteiger partial charge in [0.05, 0.1) is 12.9 Å². The van der Waals surface area contributed by atoms with Crippen molar-refractivity contribution in [2.75, 3.05) is 23.5 Å². The van der Waals surface area contributed by atoms with Crippen LogP contribution < -0.4 is 15.4 Å². The lowest BCUT2D eigenvalue weighted by atomic mass is 10.2. The molecule has 0 aliphatic carbocycles. The summed E-state index contributed by atoms with van der Waals surface area (Å²) in [5.41, 5.74) is 1.96. The van der Waals surface area contributed by atoms with Crippen molar-refractivity contribution in [1.29, 1.82) is 0 Å². The number of nitrogens with one attached hydrogen (secondary N) is 2. The maximum absolute atomic E-state index is 12.1. The predicted molar refractivity (Wildman–Crippen MR) is 106 cm³/mol. The van der Waals surface area contributed by atoms with E-state index in [-0.39, 0.29) is 17.6 Å². The molecule has 0 radical (unpaired) electrons. The summed E-state index contributed by atoms with van der Waals surface area (Å²) in [6, 6.07) is 14.1. The highest BCUT2D eigenvalue weighted by Gasteiger charge is 2.12. The van der Waals surface area contributed by atoms with Gasteiger partial charge in [-0.2, -0.15) is 0 Å². The van der Waals surface area contributed by atoms with Gasteiger partial charge >= 0.3 is 0 Å². The molecular weight excluding hydrogens is 380 g/mol. The number of hydrogen-bond donors (Lipinski definition) is 2. The summed E-state index contributed by atoms with van der Waals surface area (Å²) >= 11 is 1.14. The van der Waals surface area contributed by atoms with Gasteiger partial charge in [0.2, 0.25) is 17.7 Å². The van der Waals surface area contributed by atoms with E-state index in [1.54, 1.807) is 43.5 Å². The molecule has 0 unspecified atom stereocenters. The third kappa shape index (κ3) is 5.34. The predicted octanol–water partition coefficient (Wildman–Crippen LogP) is 3.43. The van der Waals surface area contributed by atoms with Gasteiger partial charge in [0.25, 0.3) is 5.22 Å². The van der Waals surface area contributed by atoms with Crippen molar-refractivity contribution in [3.8, 4) is 17.2 Å². The Balaban J connectivity index is 1.55. The van der Waals surface area contributed by atoms with Crippen molar-refractivity contribution in [2.24, 2.45) is 0 Å². The first kappa shape index (κ1) is 19.4. The van der Waals surface area contributed by atoms with E-state index in [1.807, 2.05) is 12.1 Å². The van der Waals surface area contributed by atoms with Crippen LogP contribution in [0.1, 0.15) is 6.92 Å². The zero-order valence-electron chi connectivity index (χ0n) is 15.3. The van der Waals surface area contributed by atoms with Gasteiger partial charge in [0.15, 0.2) is 0 Å². The molecule has 0 fully saturated rings. The van der Waals surface area contributed by atoms with Crippen LogP contribution >= 0.6 is 11.8 Å². The number of benzene rings is 2. The minimum absolute atomic E-state index is 0.106. The lowest BCUT2D eigenvalue weighted by Crippen LogP contribution is -2.14. The SMILES string of the molecule is COc1ccc(-c2nnc(SCC(=O)Nc3cccc(NC(C)=O)c3)o2)cc1. The number of thioether (sulfide) groups is 1. The summed E-state index contributed by atoms with van der Waals surface area (Å²) in [4.78, 5) is 23.3. The molecule has 0 bridgehead atoms. The van der Waals surface area contributed by atoms with E-state index in [9.17, 15) is 9.59 Å². The molecular formula is C19H18N4O4S. The fraction of sp³-hybridized carbons (Fsp3) is 0.158. The van der Waals surface area contributed by atoms with E-state index in [0.29, 0.717) is 22.5 Å². The Labute approximate surface area is 165 Å². The third-order valence-corrected chi connectivity index (χ3v) is 4.36. The largest absolute Gasteiger partial charge is 0.497 e. The summed E-state index contributed by atoms with van der Waals surface area (Å²) in [6.07, 6.45) is 0. The molecule has 3 rings (SSSR count). The maximum atomic E-state index is 12.1.